The fourth-order valence-electron chi connectivity index (χ4n) is 2.60. The first-order valence-electron chi connectivity index (χ1n) is 6.36. The maximum atomic E-state index is 6.10. The van der Waals surface area contributed by atoms with Crippen LogP contribution in [0.15, 0.2) is 0 Å². The zero-order valence-electron chi connectivity index (χ0n) is 10.5. The summed E-state index contributed by atoms with van der Waals surface area (Å²) in [5.41, 5.74) is 1.69. The van der Waals surface area contributed by atoms with Crippen molar-refractivity contribution in [2.24, 2.45) is 0 Å². The molecule has 0 bridgehead atoms. The molecule has 1 rings (SSSR count). The van der Waals surface area contributed by atoms with Gasteiger partial charge in [0.15, 0.2) is 9.04 Å². The van der Waals surface area contributed by atoms with Crippen molar-refractivity contribution in [1.29, 1.82) is 0 Å². The third kappa shape index (κ3) is 4.66. The van der Waals surface area contributed by atoms with Gasteiger partial charge in [0.25, 0.3) is 0 Å². The average molecular weight is 230 g/mol. The Bertz CT molecular complexity index is 156. The van der Waals surface area contributed by atoms with Gasteiger partial charge in [0.1, 0.15) is 0 Å². The Hall–Kier alpha value is 0.137. The highest BCUT2D eigenvalue weighted by molar-refractivity contribution is 6.55. The molecule has 90 valence electrons. The monoisotopic (exact) mass is 230 g/mol. The Labute approximate surface area is 96.1 Å². The largest absolute Gasteiger partial charge is 0.417 e. The van der Waals surface area contributed by atoms with Crippen LogP contribution in [-0.4, -0.2) is 29.4 Å². The third-order valence-electron chi connectivity index (χ3n) is 3.37. The molecule has 1 unspecified atom stereocenters. The van der Waals surface area contributed by atoms with Gasteiger partial charge in [-0.05, 0) is 11.1 Å². The summed E-state index contributed by atoms with van der Waals surface area (Å²) in [5.74, 6) is 0. The topological polar surface area (TPSA) is 18.5 Å². The number of rotatable bonds is 6. The first-order chi connectivity index (χ1) is 7.25. The van der Waals surface area contributed by atoms with Crippen LogP contribution in [0.1, 0.15) is 46.0 Å². The van der Waals surface area contributed by atoms with Gasteiger partial charge in [0, 0.05) is 7.11 Å². The quantitative estimate of drug-likeness (QED) is 0.515. The van der Waals surface area contributed by atoms with Crippen molar-refractivity contribution in [1.82, 2.24) is 0 Å². The maximum absolute atomic E-state index is 6.10. The molecule has 0 heterocycles. The molecule has 1 atom stereocenters. The van der Waals surface area contributed by atoms with E-state index in [1.165, 1.54) is 32.1 Å². The molecule has 0 N–H and O–H groups in total. The minimum Gasteiger partial charge on any atom is -0.417 e. The van der Waals surface area contributed by atoms with Crippen molar-refractivity contribution in [3.8, 4) is 0 Å². The Balaban J connectivity index is 2.34. The van der Waals surface area contributed by atoms with Gasteiger partial charge in [0.05, 0.1) is 13.2 Å². The van der Waals surface area contributed by atoms with Gasteiger partial charge in [-0.1, -0.05) is 46.0 Å². The molecule has 2 nitrogen and oxygen atoms in total. The van der Waals surface area contributed by atoms with Gasteiger partial charge in [-0.15, -0.1) is 0 Å². The fourth-order valence-corrected chi connectivity index (χ4v) is 5.85. The van der Waals surface area contributed by atoms with E-state index >= 15 is 0 Å². The zero-order chi connectivity index (χ0) is 11.1. The van der Waals surface area contributed by atoms with Crippen molar-refractivity contribution in [2.45, 2.75) is 57.0 Å². The lowest BCUT2D eigenvalue weighted by Gasteiger charge is -2.31. The number of ether oxygens (including phenoxy) is 1. The van der Waals surface area contributed by atoms with Crippen LogP contribution in [-0.2, 0) is 9.16 Å². The predicted molar refractivity (Wildman–Crippen MR) is 66.9 cm³/mol. The van der Waals surface area contributed by atoms with E-state index in [1.807, 2.05) is 0 Å². The molecular weight excluding hydrogens is 204 g/mol. The summed E-state index contributed by atoms with van der Waals surface area (Å²) in [5, 5.41) is 0. The zero-order valence-corrected chi connectivity index (χ0v) is 11.7. The van der Waals surface area contributed by atoms with Gasteiger partial charge in [0.2, 0.25) is 0 Å². The second kappa shape index (κ2) is 7.42. The molecule has 0 radical (unpaired) electrons. The molecule has 0 spiro atoms. The first kappa shape index (κ1) is 13.2. The molecule has 3 heteroatoms. The molecule has 0 aromatic rings. The molecular formula is C12H26O2Si. The van der Waals surface area contributed by atoms with Gasteiger partial charge in [-0.25, -0.2) is 0 Å². The van der Waals surface area contributed by atoms with Crippen molar-refractivity contribution in [2.75, 3.05) is 20.3 Å². The molecule has 15 heavy (non-hydrogen) atoms. The molecule has 0 aromatic heterocycles. The summed E-state index contributed by atoms with van der Waals surface area (Å²) in [6.45, 7) is 6.22. The third-order valence-corrected chi connectivity index (χ3v) is 6.90. The second-order valence-corrected chi connectivity index (χ2v) is 8.51. The summed E-state index contributed by atoms with van der Waals surface area (Å²) < 4.78 is 11.2. The molecule has 0 aromatic carbocycles. The molecule has 0 amide bonds. The summed E-state index contributed by atoms with van der Waals surface area (Å²) in [6, 6.07) is 0. The van der Waals surface area contributed by atoms with Gasteiger partial charge in [-0.2, -0.15) is 0 Å². The highest BCUT2D eigenvalue weighted by atomic mass is 28.3. The minimum absolute atomic E-state index is 0.753. The van der Waals surface area contributed by atoms with Crippen LogP contribution < -0.4 is 0 Å². The van der Waals surface area contributed by atoms with Gasteiger partial charge in [-0.3, -0.25) is 0 Å². The normalized spacial score (nSPS) is 20.8. The lowest BCUT2D eigenvalue weighted by molar-refractivity contribution is 0.142. The van der Waals surface area contributed by atoms with E-state index in [0.29, 0.717) is 0 Å². The summed E-state index contributed by atoms with van der Waals surface area (Å²) >= 11 is 0. The Morgan fingerprint density at radius 2 is 1.80 bits per heavy atom. The van der Waals surface area contributed by atoms with Crippen LogP contribution in [0.4, 0.5) is 0 Å². The average Bonchev–Trinajstić information content (AvgIpc) is 2.25. The Kier molecular flexibility index (Phi) is 6.53. The van der Waals surface area contributed by atoms with Gasteiger partial charge < -0.3 is 9.16 Å². The molecule has 1 aliphatic carbocycles. The highest BCUT2D eigenvalue weighted by Crippen LogP contribution is 2.35. The van der Waals surface area contributed by atoms with Crippen LogP contribution in [0.25, 0.3) is 0 Å². The van der Waals surface area contributed by atoms with Crippen LogP contribution in [0.5, 0.6) is 0 Å². The number of hydrogen-bond acceptors (Lipinski definition) is 2. The van der Waals surface area contributed by atoms with E-state index in [0.717, 1.165) is 24.3 Å². The van der Waals surface area contributed by atoms with Crippen LogP contribution in [0, 0.1) is 0 Å². The number of hydrogen-bond donors (Lipinski definition) is 0. The van der Waals surface area contributed by atoms with E-state index < -0.39 is 9.04 Å². The molecule has 1 aliphatic rings. The fraction of sp³-hybridized carbons (Fsp3) is 1.00. The van der Waals surface area contributed by atoms with E-state index in [1.54, 1.807) is 7.11 Å². The lowest BCUT2D eigenvalue weighted by atomic mass is 10.0. The summed E-state index contributed by atoms with van der Waals surface area (Å²) in [6.07, 6.45) is 7.13. The lowest BCUT2D eigenvalue weighted by Crippen LogP contribution is -2.31. The van der Waals surface area contributed by atoms with E-state index in [4.69, 9.17) is 9.16 Å². The smallest absolute Gasteiger partial charge is 0.182 e. The minimum atomic E-state index is -1.00. The highest BCUT2D eigenvalue weighted by Gasteiger charge is 2.28. The van der Waals surface area contributed by atoms with Gasteiger partial charge >= 0.3 is 0 Å². The summed E-state index contributed by atoms with van der Waals surface area (Å²) in [7, 11) is 0.746. The Morgan fingerprint density at radius 1 is 1.13 bits per heavy atom. The number of methoxy groups -OCH3 is 1. The van der Waals surface area contributed by atoms with Crippen LogP contribution in [0.2, 0.25) is 11.1 Å². The Morgan fingerprint density at radius 3 is 2.33 bits per heavy atom. The molecule has 0 saturated heterocycles. The van der Waals surface area contributed by atoms with E-state index in [-0.39, 0.29) is 0 Å². The molecule has 1 fully saturated rings. The van der Waals surface area contributed by atoms with Crippen molar-refractivity contribution < 1.29 is 9.16 Å². The van der Waals surface area contributed by atoms with Crippen molar-refractivity contribution in [3.05, 3.63) is 0 Å². The van der Waals surface area contributed by atoms with Crippen LogP contribution in [0.3, 0.4) is 0 Å². The maximum Gasteiger partial charge on any atom is 0.182 e. The van der Waals surface area contributed by atoms with Crippen molar-refractivity contribution >= 4 is 9.04 Å². The predicted octanol–water partition coefficient (Wildman–Crippen LogP) is 3.12. The van der Waals surface area contributed by atoms with Crippen LogP contribution >= 0.6 is 0 Å². The molecule has 0 aliphatic heterocycles. The van der Waals surface area contributed by atoms with Crippen molar-refractivity contribution in [3.63, 3.8) is 0 Å². The standard InChI is InChI=1S/C12H26O2Si/c1-11(2)15(14-10-9-13-3)12-7-5-4-6-8-12/h11-12,15H,4-10H2,1-3H3. The molecule has 1 saturated carbocycles. The van der Waals surface area contributed by atoms with E-state index in [9.17, 15) is 0 Å². The second-order valence-electron chi connectivity index (χ2n) is 4.97. The summed E-state index contributed by atoms with van der Waals surface area (Å²) in [4.78, 5) is 0. The SMILES string of the molecule is COCCO[SiH](C(C)C)C1CCCCC1. The van der Waals surface area contributed by atoms with E-state index in [2.05, 4.69) is 13.8 Å². The first-order valence-corrected chi connectivity index (χ1v) is 8.16.